The molecule has 1 aromatic rings. The molecule has 0 heterocycles. The highest BCUT2D eigenvalue weighted by atomic mass is 15.2. The van der Waals surface area contributed by atoms with Gasteiger partial charge in [-0.05, 0) is 32.8 Å². The Morgan fingerprint density at radius 1 is 1.35 bits per heavy atom. The number of nitriles is 1. The van der Waals surface area contributed by atoms with Crippen LogP contribution in [0.15, 0.2) is 34.5 Å². The van der Waals surface area contributed by atoms with Gasteiger partial charge in [0.1, 0.15) is 0 Å². The molecule has 0 amide bonds. The van der Waals surface area contributed by atoms with Gasteiger partial charge in [0.05, 0.1) is 12.1 Å². The fourth-order valence-electron chi connectivity index (χ4n) is 1.30. The molecule has 17 heavy (non-hydrogen) atoms. The molecule has 0 saturated heterocycles. The predicted molar refractivity (Wildman–Crippen MR) is 68.8 cm³/mol. The minimum Gasteiger partial charge on any atom is -0.196 e. The number of nitrogens with zero attached hydrogens (tertiary/aromatic N) is 3. The van der Waals surface area contributed by atoms with Crippen LogP contribution in [-0.2, 0) is 0 Å². The van der Waals surface area contributed by atoms with Crippen LogP contribution in [0, 0.1) is 18.3 Å². The quantitative estimate of drug-likeness (QED) is 0.714. The first-order chi connectivity index (χ1) is 8.00. The van der Waals surface area contributed by atoms with Crippen molar-refractivity contribution in [2.24, 2.45) is 10.2 Å². The van der Waals surface area contributed by atoms with E-state index in [0.717, 1.165) is 5.56 Å². The number of rotatable bonds is 4. The Morgan fingerprint density at radius 3 is 2.41 bits per heavy atom. The van der Waals surface area contributed by atoms with E-state index in [2.05, 4.69) is 47.5 Å². The Hall–Kier alpha value is -1.69. The summed E-state index contributed by atoms with van der Waals surface area (Å²) in [5.74, 6) is 0. The molecule has 1 rings (SSSR count). The van der Waals surface area contributed by atoms with Crippen molar-refractivity contribution < 1.29 is 0 Å². The first kappa shape index (κ1) is 13.4. The Morgan fingerprint density at radius 2 is 1.94 bits per heavy atom. The fourth-order valence-corrected chi connectivity index (χ4v) is 1.30. The summed E-state index contributed by atoms with van der Waals surface area (Å²) >= 11 is 0. The Kier molecular flexibility index (Phi) is 4.39. The fraction of sp³-hybridized carbons (Fsp3) is 0.500. The minimum absolute atomic E-state index is 0.00479. The van der Waals surface area contributed by atoms with Gasteiger partial charge in [0.15, 0.2) is 5.54 Å². The second kappa shape index (κ2) is 5.58. The summed E-state index contributed by atoms with van der Waals surface area (Å²) in [7, 11) is 0. The zero-order valence-electron chi connectivity index (χ0n) is 10.9. The van der Waals surface area contributed by atoms with Gasteiger partial charge in [-0.25, -0.2) is 0 Å². The van der Waals surface area contributed by atoms with Crippen molar-refractivity contribution in [2.45, 2.75) is 45.7 Å². The van der Waals surface area contributed by atoms with Crippen molar-refractivity contribution in [3.05, 3.63) is 35.4 Å². The van der Waals surface area contributed by atoms with Crippen LogP contribution in [0.25, 0.3) is 0 Å². The molecule has 3 nitrogen and oxygen atoms in total. The van der Waals surface area contributed by atoms with E-state index >= 15 is 0 Å². The van der Waals surface area contributed by atoms with Gasteiger partial charge in [-0.3, -0.25) is 0 Å². The number of azo groups is 1. The van der Waals surface area contributed by atoms with Crippen molar-refractivity contribution in [3.63, 3.8) is 0 Å². The number of hydrogen-bond donors (Lipinski definition) is 0. The maximum absolute atomic E-state index is 9.00. The van der Waals surface area contributed by atoms with Crippen LogP contribution in [0.2, 0.25) is 0 Å². The van der Waals surface area contributed by atoms with E-state index in [4.69, 9.17) is 5.26 Å². The molecular weight excluding hydrogens is 210 g/mol. The highest BCUT2D eigenvalue weighted by Crippen LogP contribution is 2.21. The first-order valence-corrected chi connectivity index (χ1v) is 5.90. The average molecular weight is 229 g/mol. The summed E-state index contributed by atoms with van der Waals surface area (Å²) in [5.41, 5.74) is 1.66. The Bertz CT molecular complexity index is 428. The summed E-state index contributed by atoms with van der Waals surface area (Å²) in [6.07, 6.45) is 0.674. The average Bonchev–Trinajstić information content (AvgIpc) is 2.36. The van der Waals surface area contributed by atoms with Crippen LogP contribution >= 0.6 is 0 Å². The lowest BCUT2D eigenvalue weighted by Crippen LogP contribution is -2.16. The van der Waals surface area contributed by atoms with Crippen molar-refractivity contribution in [1.82, 2.24) is 0 Å². The van der Waals surface area contributed by atoms with Crippen LogP contribution in [0.3, 0.4) is 0 Å². The smallest absolute Gasteiger partial charge is 0.164 e. The maximum atomic E-state index is 9.00. The van der Waals surface area contributed by atoms with E-state index in [9.17, 15) is 0 Å². The first-order valence-electron chi connectivity index (χ1n) is 5.90. The zero-order valence-corrected chi connectivity index (χ0v) is 10.9. The lowest BCUT2D eigenvalue weighted by molar-refractivity contribution is 0.523. The standard InChI is InChI=1S/C14H19N3/c1-5-14(4,10-15)17-16-12(3)13-8-6-11(2)7-9-13/h6-9,12H,5H2,1-4H3. The van der Waals surface area contributed by atoms with Crippen molar-refractivity contribution in [2.75, 3.05) is 0 Å². The molecule has 0 aliphatic heterocycles. The lowest BCUT2D eigenvalue weighted by atomic mass is 10.0. The molecule has 0 N–H and O–H groups in total. The number of hydrogen-bond acceptors (Lipinski definition) is 3. The van der Waals surface area contributed by atoms with Gasteiger partial charge >= 0.3 is 0 Å². The zero-order chi connectivity index (χ0) is 12.9. The van der Waals surface area contributed by atoms with Crippen LogP contribution in [-0.4, -0.2) is 5.54 Å². The van der Waals surface area contributed by atoms with Gasteiger partial charge in [0.25, 0.3) is 0 Å². The third kappa shape index (κ3) is 3.67. The number of aryl methyl sites for hydroxylation is 1. The molecule has 90 valence electrons. The largest absolute Gasteiger partial charge is 0.196 e. The van der Waals surface area contributed by atoms with Crippen LogP contribution in [0.4, 0.5) is 0 Å². The molecule has 1 aromatic carbocycles. The molecule has 0 saturated carbocycles. The summed E-state index contributed by atoms with van der Waals surface area (Å²) in [5, 5.41) is 17.4. The SMILES string of the molecule is CCC(C)(C#N)N=NC(C)c1ccc(C)cc1. The van der Waals surface area contributed by atoms with Crippen molar-refractivity contribution >= 4 is 0 Å². The number of benzene rings is 1. The Labute approximate surface area is 103 Å². The monoisotopic (exact) mass is 229 g/mol. The highest BCUT2D eigenvalue weighted by molar-refractivity contribution is 5.23. The van der Waals surface area contributed by atoms with E-state index in [0.29, 0.717) is 6.42 Å². The van der Waals surface area contributed by atoms with Crippen molar-refractivity contribution in [1.29, 1.82) is 5.26 Å². The summed E-state index contributed by atoms with van der Waals surface area (Å²) in [4.78, 5) is 0. The molecule has 0 bridgehead atoms. The van der Waals surface area contributed by atoms with E-state index in [-0.39, 0.29) is 6.04 Å². The van der Waals surface area contributed by atoms with Crippen LogP contribution in [0.1, 0.15) is 44.4 Å². The topological polar surface area (TPSA) is 48.5 Å². The maximum Gasteiger partial charge on any atom is 0.164 e. The second-order valence-electron chi connectivity index (χ2n) is 4.54. The van der Waals surface area contributed by atoms with E-state index in [1.165, 1.54) is 5.56 Å². The minimum atomic E-state index is -0.695. The predicted octanol–water partition coefficient (Wildman–Crippen LogP) is 4.20. The van der Waals surface area contributed by atoms with Gasteiger partial charge < -0.3 is 0 Å². The molecule has 0 aliphatic rings. The molecule has 0 aliphatic carbocycles. The van der Waals surface area contributed by atoms with Gasteiger partial charge in [0, 0.05) is 0 Å². The van der Waals surface area contributed by atoms with Gasteiger partial charge in [0.2, 0.25) is 0 Å². The highest BCUT2D eigenvalue weighted by Gasteiger charge is 2.20. The molecule has 2 unspecified atom stereocenters. The normalized spacial score (nSPS) is 16.4. The Balaban J connectivity index is 2.79. The van der Waals surface area contributed by atoms with E-state index in [1.54, 1.807) is 6.92 Å². The van der Waals surface area contributed by atoms with Gasteiger partial charge in [-0.2, -0.15) is 15.5 Å². The molecule has 0 radical (unpaired) electrons. The summed E-state index contributed by atoms with van der Waals surface area (Å²) < 4.78 is 0. The lowest BCUT2D eigenvalue weighted by Gasteiger charge is -2.13. The third-order valence-electron chi connectivity index (χ3n) is 2.94. The van der Waals surface area contributed by atoms with Gasteiger partial charge in [-0.1, -0.05) is 36.8 Å². The third-order valence-corrected chi connectivity index (χ3v) is 2.94. The van der Waals surface area contributed by atoms with E-state index < -0.39 is 5.54 Å². The molecule has 2 atom stereocenters. The molecule has 0 aromatic heterocycles. The summed E-state index contributed by atoms with van der Waals surface area (Å²) in [6, 6.07) is 10.4. The molecule has 0 fully saturated rings. The second-order valence-corrected chi connectivity index (χ2v) is 4.54. The molecule has 0 spiro atoms. The van der Waals surface area contributed by atoms with Crippen LogP contribution < -0.4 is 0 Å². The molecule has 3 heteroatoms. The molecular formula is C14H19N3. The van der Waals surface area contributed by atoms with Gasteiger partial charge in [-0.15, -0.1) is 0 Å². The van der Waals surface area contributed by atoms with Crippen molar-refractivity contribution in [3.8, 4) is 6.07 Å². The van der Waals surface area contributed by atoms with Crippen LogP contribution in [0.5, 0.6) is 0 Å². The summed E-state index contributed by atoms with van der Waals surface area (Å²) in [6.45, 7) is 7.79. The van der Waals surface area contributed by atoms with E-state index in [1.807, 2.05) is 13.8 Å².